The second-order valence-electron chi connectivity index (χ2n) is 11.7. The number of hydrogen-bond acceptors (Lipinski definition) is 3. The van der Waals surface area contributed by atoms with Gasteiger partial charge in [0, 0.05) is 39.9 Å². The van der Waals surface area contributed by atoms with Gasteiger partial charge >= 0.3 is 0 Å². The van der Waals surface area contributed by atoms with Crippen molar-refractivity contribution in [3.05, 3.63) is 181 Å². The molecule has 0 spiro atoms. The molecule has 46 heavy (non-hydrogen) atoms. The number of nitrogens with zero attached hydrogens (tertiary/aromatic N) is 3. The Morgan fingerprint density at radius 3 is 2.20 bits per heavy atom. The first-order valence-corrected chi connectivity index (χ1v) is 15.7. The van der Waals surface area contributed by atoms with E-state index in [1.807, 2.05) is 12.3 Å². The molecule has 8 rings (SSSR count). The summed E-state index contributed by atoms with van der Waals surface area (Å²) in [6.45, 7) is 0. The lowest BCUT2D eigenvalue weighted by Gasteiger charge is -2.12. The van der Waals surface area contributed by atoms with Crippen LogP contribution < -0.4 is 0 Å². The van der Waals surface area contributed by atoms with Crippen molar-refractivity contribution in [2.75, 3.05) is 0 Å². The van der Waals surface area contributed by atoms with E-state index in [-0.39, 0.29) is 5.92 Å². The third-order valence-corrected chi connectivity index (χ3v) is 8.50. The van der Waals surface area contributed by atoms with Gasteiger partial charge in [-0.25, -0.2) is 9.97 Å². The second kappa shape index (κ2) is 12.2. The fourth-order valence-electron chi connectivity index (χ4n) is 6.08. The highest BCUT2D eigenvalue weighted by molar-refractivity contribution is 5.80. The minimum absolute atomic E-state index is 0.170. The molecule has 0 saturated heterocycles. The van der Waals surface area contributed by atoms with Crippen LogP contribution in [0.5, 0.6) is 0 Å². The maximum absolute atomic E-state index is 5.18. The molecule has 2 heterocycles. The zero-order valence-corrected chi connectivity index (χ0v) is 25.3. The maximum atomic E-state index is 5.18. The van der Waals surface area contributed by atoms with Crippen LogP contribution in [-0.2, 0) is 0 Å². The van der Waals surface area contributed by atoms with E-state index in [0.29, 0.717) is 5.82 Å². The molecule has 3 aliphatic rings. The van der Waals surface area contributed by atoms with Crippen LogP contribution in [0.2, 0.25) is 0 Å². The van der Waals surface area contributed by atoms with Gasteiger partial charge in [0.25, 0.3) is 0 Å². The predicted molar refractivity (Wildman–Crippen MR) is 191 cm³/mol. The fourth-order valence-corrected chi connectivity index (χ4v) is 6.08. The Hall–Kier alpha value is -5.93. The molecule has 0 aliphatic heterocycles. The standard InChI is InChI=1S/C43H31N3/c1-3-12-32(13-4-1)33-20-22-34(23-21-33)41-28-42(46-43(45-41)38-19-18-30-10-7-8-11-31(24-30)25-38)37-16-9-15-35(26-37)39-27-36-14-5-2-6-17-40(36)44-29-39/h1,3-29,31H,2H2. The number of fused-ring (bicyclic) bond motifs is 2. The van der Waals surface area contributed by atoms with E-state index in [4.69, 9.17) is 15.0 Å². The average molecular weight is 590 g/mol. The van der Waals surface area contributed by atoms with E-state index < -0.39 is 0 Å². The average Bonchev–Trinajstić information content (AvgIpc) is 3.59. The molecule has 0 amide bonds. The van der Waals surface area contributed by atoms with Gasteiger partial charge in [-0.3, -0.25) is 4.98 Å². The lowest BCUT2D eigenvalue weighted by Crippen LogP contribution is -2.00. The highest BCUT2D eigenvalue weighted by Gasteiger charge is 2.15. The second-order valence-corrected chi connectivity index (χ2v) is 11.7. The molecule has 0 radical (unpaired) electrons. The largest absolute Gasteiger partial charge is 0.256 e. The third kappa shape index (κ3) is 5.79. The van der Waals surface area contributed by atoms with E-state index in [0.717, 1.165) is 56.9 Å². The summed E-state index contributed by atoms with van der Waals surface area (Å²) in [5, 5.41) is 0. The number of benzene rings is 3. The Bertz CT molecular complexity index is 2160. The van der Waals surface area contributed by atoms with Crippen LogP contribution in [0.25, 0.3) is 62.5 Å². The summed E-state index contributed by atoms with van der Waals surface area (Å²) in [5.41, 5.74) is 12.7. The van der Waals surface area contributed by atoms with E-state index in [9.17, 15) is 0 Å². The normalized spacial score (nSPS) is 16.2. The zero-order valence-electron chi connectivity index (χ0n) is 25.3. The number of rotatable bonds is 5. The summed E-state index contributed by atoms with van der Waals surface area (Å²) in [4.78, 5) is 15.1. The zero-order chi connectivity index (χ0) is 30.7. The number of aromatic nitrogens is 3. The molecule has 0 N–H and O–H groups in total. The Morgan fingerprint density at radius 2 is 1.30 bits per heavy atom. The minimum atomic E-state index is 0.170. The topological polar surface area (TPSA) is 38.7 Å². The molecular formula is C43H31N3. The molecule has 3 aromatic carbocycles. The fraction of sp³-hybridized carbons (Fsp3) is 0.0465. The van der Waals surface area contributed by atoms with E-state index in [1.54, 1.807) is 0 Å². The van der Waals surface area contributed by atoms with Crippen molar-refractivity contribution in [2.45, 2.75) is 6.42 Å². The highest BCUT2D eigenvalue weighted by atomic mass is 14.9. The van der Waals surface area contributed by atoms with Gasteiger partial charge in [-0.05, 0) is 53.0 Å². The molecule has 0 saturated carbocycles. The monoisotopic (exact) mass is 589 g/mol. The van der Waals surface area contributed by atoms with Gasteiger partial charge in [0.2, 0.25) is 0 Å². The van der Waals surface area contributed by atoms with Crippen LogP contribution in [0.3, 0.4) is 0 Å². The van der Waals surface area contributed by atoms with Crippen LogP contribution >= 0.6 is 0 Å². The summed E-state index contributed by atoms with van der Waals surface area (Å²) in [5.74, 6) is 0.881. The van der Waals surface area contributed by atoms with Crippen molar-refractivity contribution >= 4 is 17.7 Å². The van der Waals surface area contributed by atoms with Crippen molar-refractivity contribution in [3.8, 4) is 44.8 Å². The molecule has 2 bridgehead atoms. The SMILES string of the molecule is C1=CC2=CC(C=C1)C=C(c1nc(-c3ccc(-c4ccccc4)cc3)cc(-c3cccc(-c4cnc5c(c4)C=CCC=C5)c3)n1)C=C2. The summed E-state index contributed by atoms with van der Waals surface area (Å²) < 4.78 is 0. The maximum Gasteiger partial charge on any atom is 0.160 e. The van der Waals surface area contributed by atoms with Crippen LogP contribution in [0.4, 0.5) is 0 Å². The van der Waals surface area contributed by atoms with Crippen molar-refractivity contribution < 1.29 is 0 Å². The molecule has 218 valence electrons. The first-order chi connectivity index (χ1) is 22.7. The Labute approximate surface area is 269 Å². The molecule has 0 fully saturated rings. The van der Waals surface area contributed by atoms with E-state index in [1.165, 1.54) is 16.7 Å². The molecule has 3 aliphatic carbocycles. The Kier molecular flexibility index (Phi) is 7.33. The van der Waals surface area contributed by atoms with Gasteiger partial charge in [-0.2, -0.15) is 0 Å². The van der Waals surface area contributed by atoms with Gasteiger partial charge in [0.15, 0.2) is 5.82 Å². The highest BCUT2D eigenvalue weighted by Crippen LogP contribution is 2.33. The van der Waals surface area contributed by atoms with E-state index >= 15 is 0 Å². The van der Waals surface area contributed by atoms with Crippen LogP contribution in [-0.4, -0.2) is 15.0 Å². The van der Waals surface area contributed by atoms with Crippen LogP contribution in [0.1, 0.15) is 23.5 Å². The van der Waals surface area contributed by atoms with E-state index in [2.05, 4.69) is 158 Å². The molecule has 3 nitrogen and oxygen atoms in total. The molecule has 3 heteroatoms. The smallest absolute Gasteiger partial charge is 0.160 e. The van der Waals surface area contributed by atoms with Gasteiger partial charge in [0.05, 0.1) is 17.1 Å². The lowest BCUT2D eigenvalue weighted by molar-refractivity contribution is 1.06. The Morgan fingerprint density at radius 1 is 0.543 bits per heavy atom. The summed E-state index contributed by atoms with van der Waals surface area (Å²) in [6, 6.07) is 32.0. The summed E-state index contributed by atoms with van der Waals surface area (Å²) in [6.07, 6.45) is 28.8. The van der Waals surface area contributed by atoms with Crippen molar-refractivity contribution in [1.29, 1.82) is 0 Å². The number of hydrogen-bond donors (Lipinski definition) is 0. The Balaban J connectivity index is 1.22. The van der Waals surface area contributed by atoms with Crippen molar-refractivity contribution in [3.63, 3.8) is 0 Å². The molecule has 5 aromatic rings. The molecule has 1 unspecified atom stereocenters. The molecular weight excluding hydrogens is 558 g/mol. The molecule has 1 atom stereocenters. The van der Waals surface area contributed by atoms with Crippen molar-refractivity contribution in [2.24, 2.45) is 5.92 Å². The number of allylic oxidation sites excluding steroid dienone is 12. The van der Waals surface area contributed by atoms with Crippen LogP contribution in [0, 0.1) is 5.92 Å². The third-order valence-electron chi connectivity index (χ3n) is 8.50. The summed E-state index contributed by atoms with van der Waals surface area (Å²) >= 11 is 0. The van der Waals surface area contributed by atoms with Gasteiger partial charge in [-0.15, -0.1) is 0 Å². The summed E-state index contributed by atoms with van der Waals surface area (Å²) in [7, 11) is 0. The van der Waals surface area contributed by atoms with Gasteiger partial charge in [0.1, 0.15) is 0 Å². The van der Waals surface area contributed by atoms with Gasteiger partial charge in [-0.1, -0.05) is 140 Å². The van der Waals surface area contributed by atoms with Crippen molar-refractivity contribution in [1.82, 2.24) is 15.0 Å². The first kappa shape index (κ1) is 27.6. The predicted octanol–water partition coefficient (Wildman–Crippen LogP) is 10.6. The lowest BCUT2D eigenvalue weighted by atomic mass is 9.99. The minimum Gasteiger partial charge on any atom is -0.256 e. The van der Waals surface area contributed by atoms with Crippen LogP contribution in [0.15, 0.2) is 164 Å². The van der Waals surface area contributed by atoms with Gasteiger partial charge < -0.3 is 0 Å². The quantitative estimate of drug-likeness (QED) is 0.205. The first-order valence-electron chi connectivity index (χ1n) is 15.7. The number of pyridine rings is 1. The molecule has 2 aromatic heterocycles.